The summed E-state index contributed by atoms with van der Waals surface area (Å²) in [7, 11) is 0. The maximum atomic E-state index is 11.8. The number of rotatable bonds is 5. The van der Waals surface area contributed by atoms with Crippen LogP contribution >= 0.6 is 11.6 Å². The fraction of sp³-hybridized carbons (Fsp3) is 0.333. The molecule has 0 saturated heterocycles. The molecule has 6 heteroatoms. The lowest BCUT2D eigenvalue weighted by Crippen LogP contribution is -2.27. The molecule has 1 rings (SSSR count). The zero-order valence-corrected chi connectivity index (χ0v) is 10.8. The molecular formula is C12H15ClN2O3. The van der Waals surface area contributed by atoms with Gasteiger partial charge in [0.15, 0.2) is 0 Å². The number of nitrogens with two attached hydrogens (primary N) is 1. The Bertz CT molecular complexity index is 429. The van der Waals surface area contributed by atoms with Crippen molar-refractivity contribution in [3.05, 3.63) is 28.8 Å². The van der Waals surface area contributed by atoms with Gasteiger partial charge in [-0.25, -0.2) is 0 Å². The number of hydrogen-bond acceptors (Lipinski definition) is 4. The Morgan fingerprint density at radius 3 is 2.78 bits per heavy atom. The van der Waals surface area contributed by atoms with Crippen LogP contribution in [0.2, 0.25) is 5.02 Å². The van der Waals surface area contributed by atoms with Gasteiger partial charge in [-0.1, -0.05) is 17.7 Å². The zero-order valence-electron chi connectivity index (χ0n) is 10.0. The quantitative estimate of drug-likeness (QED) is 0.629. The largest absolute Gasteiger partial charge is 0.466 e. The Morgan fingerprint density at radius 2 is 2.17 bits per heavy atom. The van der Waals surface area contributed by atoms with Crippen LogP contribution in [0.5, 0.6) is 0 Å². The van der Waals surface area contributed by atoms with Crippen LogP contribution in [0.1, 0.15) is 23.7 Å². The van der Waals surface area contributed by atoms with Gasteiger partial charge in [0.2, 0.25) is 0 Å². The number of halogens is 1. The van der Waals surface area contributed by atoms with Gasteiger partial charge in [0.05, 0.1) is 23.6 Å². The standard InChI is InChI=1S/C12H15ClN2O3/c1-2-18-10(16)6-7-15-12(17)11-8(13)4-3-5-9(11)14/h3-5H,2,6-7,14H2,1H3,(H,15,17). The maximum Gasteiger partial charge on any atom is 0.307 e. The van der Waals surface area contributed by atoms with Crippen molar-refractivity contribution >= 4 is 29.2 Å². The van der Waals surface area contributed by atoms with Gasteiger partial charge in [0.1, 0.15) is 0 Å². The van der Waals surface area contributed by atoms with Crippen molar-refractivity contribution < 1.29 is 14.3 Å². The first-order valence-electron chi connectivity index (χ1n) is 5.54. The summed E-state index contributed by atoms with van der Waals surface area (Å²) >= 11 is 5.88. The van der Waals surface area contributed by atoms with Gasteiger partial charge in [-0.3, -0.25) is 9.59 Å². The highest BCUT2D eigenvalue weighted by atomic mass is 35.5. The average molecular weight is 271 g/mol. The van der Waals surface area contributed by atoms with Crippen LogP contribution in [-0.2, 0) is 9.53 Å². The number of esters is 1. The third-order valence-electron chi connectivity index (χ3n) is 2.19. The van der Waals surface area contributed by atoms with Crippen molar-refractivity contribution in [3.8, 4) is 0 Å². The van der Waals surface area contributed by atoms with E-state index in [1.807, 2.05) is 0 Å². The summed E-state index contributed by atoms with van der Waals surface area (Å²) in [6, 6.07) is 4.83. The first kappa shape index (κ1) is 14.3. The SMILES string of the molecule is CCOC(=O)CCNC(=O)c1c(N)cccc1Cl. The van der Waals surface area contributed by atoms with Crippen LogP contribution in [0, 0.1) is 0 Å². The van der Waals surface area contributed by atoms with E-state index in [-0.39, 0.29) is 29.5 Å². The molecule has 0 fully saturated rings. The molecule has 1 aromatic carbocycles. The number of anilines is 1. The predicted molar refractivity (Wildman–Crippen MR) is 69.4 cm³/mol. The Kier molecular flexibility index (Phi) is 5.45. The van der Waals surface area contributed by atoms with Crippen molar-refractivity contribution in [2.45, 2.75) is 13.3 Å². The van der Waals surface area contributed by atoms with Gasteiger partial charge in [-0.2, -0.15) is 0 Å². The molecular weight excluding hydrogens is 256 g/mol. The van der Waals surface area contributed by atoms with E-state index in [1.165, 1.54) is 0 Å². The lowest BCUT2D eigenvalue weighted by Gasteiger charge is -2.08. The van der Waals surface area contributed by atoms with Crippen LogP contribution in [0.4, 0.5) is 5.69 Å². The van der Waals surface area contributed by atoms with E-state index < -0.39 is 5.91 Å². The third kappa shape index (κ3) is 3.92. The molecule has 0 aliphatic heterocycles. The smallest absolute Gasteiger partial charge is 0.307 e. The van der Waals surface area contributed by atoms with Crippen molar-refractivity contribution in [3.63, 3.8) is 0 Å². The average Bonchev–Trinajstić information content (AvgIpc) is 2.29. The Labute approximate surface area is 110 Å². The fourth-order valence-corrected chi connectivity index (χ4v) is 1.65. The minimum absolute atomic E-state index is 0.115. The van der Waals surface area contributed by atoms with Crippen LogP contribution in [-0.4, -0.2) is 25.0 Å². The highest BCUT2D eigenvalue weighted by Gasteiger charge is 2.13. The van der Waals surface area contributed by atoms with Gasteiger partial charge >= 0.3 is 5.97 Å². The summed E-state index contributed by atoms with van der Waals surface area (Å²) in [5.41, 5.74) is 6.19. The van der Waals surface area contributed by atoms with Crippen molar-refractivity contribution in [2.75, 3.05) is 18.9 Å². The number of ether oxygens (including phenoxy) is 1. The predicted octanol–water partition coefficient (Wildman–Crippen LogP) is 1.61. The topological polar surface area (TPSA) is 81.4 Å². The summed E-state index contributed by atoms with van der Waals surface area (Å²) < 4.78 is 4.74. The molecule has 0 aliphatic carbocycles. The molecule has 0 aliphatic rings. The summed E-state index contributed by atoms with van der Waals surface area (Å²) in [6.07, 6.45) is 0.115. The van der Waals surface area contributed by atoms with Crippen molar-refractivity contribution in [1.82, 2.24) is 5.32 Å². The summed E-state index contributed by atoms with van der Waals surface area (Å²) in [4.78, 5) is 22.9. The van der Waals surface area contributed by atoms with E-state index in [2.05, 4.69) is 5.32 Å². The zero-order chi connectivity index (χ0) is 13.5. The molecule has 1 aromatic rings. The molecule has 18 heavy (non-hydrogen) atoms. The molecule has 0 radical (unpaired) electrons. The minimum Gasteiger partial charge on any atom is -0.466 e. The normalized spacial score (nSPS) is 9.89. The van der Waals surface area contributed by atoms with Crippen LogP contribution in [0.25, 0.3) is 0 Å². The van der Waals surface area contributed by atoms with Gasteiger partial charge in [-0.15, -0.1) is 0 Å². The molecule has 0 unspecified atom stereocenters. The molecule has 0 heterocycles. The van der Waals surface area contributed by atoms with Crippen LogP contribution in [0.3, 0.4) is 0 Å². The van der Waals surface area contributed by atoms with E-state index in [0.717, 1.165) is 0 Å². The number of nitrogens with one attached hydrogen (secondary N) is 1. The molecule has 5 nitrogen and oxygen atoms in total. The third-order valence-corrected chi connectivity index (χ3v) is 2.51. The van der Waals surface area contributed by atoms with Gasteiger partial charge < -0.3 is 15.8 Å². The van der Waals surface area contributed by atoms with Gasteiger partial charge in [0.25, 0.3) is 5.91 Å². The number of benzene rings is 1. The molecule has 0 aromatic heterocycles. The van der Waals surface area contributed by atoms with E-state index in [0.29, 0.717) is 12.3 Å². The van der Waals surface area contributed by atoms with Crippen LogP contribution in [0.15, 0.2) is 18.2 Å². The summed E-state index contributed by atoms with van der Waals surface area (Å²) in [5.74, 6) is -0.757. The summed E-state index contributed by atoms with van der Waals surface area (Å²) in [5, 5.41) is 2.85. The van der Waals surface area contributed by atoms with Gasteiger partial charge in [-0.05, 0) is 19.1 Å². The van der Waals surface area contributed by atoms with Crippen molar-refractivity contribution in [2.24, 2.45) is 0 Å². The highest BCUT2D eigenvalue weighted by molar-refractivity contribution is 6.34. The number of amides is 1. The van der Waals surface area contributed by atoms with Gasteiger partial charge in [0, 0.05) is 12.2 Å². The molecule has 0 bridgehead atoms. The first-order valence-corrected chi connectivity index (χ1v) is 5.91. The monoisotopic (exact) mass is 270 g/mol. The first-order chi connectivity index (χ1) is 8.56. The molecule has 3 N–H and O–H groups in total. The van der Waals surface area contributed by atoms with E-state index in [4.69, 9.17) is 22.1 Å². The number of carbonyl (C=O) groups is 2. The second-order valence-corrected chi connectivity index (χ2v) is 3.92. The molecule has 1 amide bonds. The Hall–Kier alpha value is -1.75. The lowest BCUT2D eigenvalue weighted by atomic mass is 10.1. The second kappa shape index (κ2) is 6.86. The van der Waals surface area contributed by atoms with E-state index >= 15 is 0 Å². The minimum atomic E-state index is -0.401. The Balaban J connectivity index is 2.53. The lowest BCUT2D eigenvalue weighted by molar-refractivity contribution is -0.142. The van der Waals surface area contributed by atoms with Crippen LogP contribution < -0.4 is 11.1 Å². The Morgan fingerprint density at radius 1 is 1.44 bits per heavy atom. The fourth-order valence-electron chi connectivity index (χ4n) is 1.38. The number of nitrogen functional groups attached to an aromatic ring is 1. The highest BCUT2D eigenvalue weighted by Crippen LogP contribution is 2.21. The molecule has 0 saturated carbocycles. The van der Waals surface area contributed by atoms with E-state index in [1.54, 1.807) is 25.1 Å². The number of hydrogen-bond donors (Lipinski definition) is 2. The summed E-state index contributed by atoms with van der Waals surface area (Å²) in [6.45, 7) is 2.23. The molecule has 0 atom stereocenters. The second-order valence-electron chi connectivity index (χ2n) is 3.51. The maximum absolute atomic E-state index is 11.8. The van der Waals surface area contributed by atoms with Crippen molar-refractivity contribution in [1.29, 1.82) is 0 Å². The van der Waals surface area contributed by atoms with E-state index in [9.17, 15) is 9.59 Å². The molecule has 98 valence electrons. The molecule has 0 spiro atoms. The number of carbonyl (C=O) groups excluding carboxylic acids is 2.